The van der Waals surface area contributed by atoms with Gasteiger partial charge in [-0.25, -0.2) is 4.98 Å². The normalized spacial score (nSPS) is 19.9. The summed E-state index contributed by atoms with van der Waals surface area (Å²) < 4.78 is 11.0. The summed E-state index contributed by atoms with van der Waals surface area (Å²) in [5.41, 5.74) is 10.2. The van der Waals surface area contributed by atoms with E-state index in [1.165, 1.54) is 11.1 Å². The van der Waals surface area contributed by atoms with Crippen LogP contribution in [0.1, 0.15) is 46.9 Å². The molecule has 3 aromatic rings. The third-order valence-electron chi connectivity index (χ3n) is 7.98. The number of pyridine rings is 1. The van der Waals surface area contributed by atoms with Crippen LogP contribution in [0, 0.1) is 13.8 Å². The first-order valence-corrected chi connectivity index (χ1v) is 13.2. The largest absolute Gasteiger partial charge is 0.461 e. The monoisotopic (exact) mass is 516 g/mol. The zero-order valence-electron chi connectivity index (χ0n) is 22.5. The second-order valence-corrected chi connectivity index (χ2v) is 10.6. The van der Waals surface area contributed by atoms with Crippen LogP contribution in [-0.4, -0.2) is 36.3 Å². The quantitative estimate of drug-likeness (QED) is 0.334. The van der Waals surface area contributed by atoms with Crippen molar-refractivity contribution in [3.8, 4) is 0 Å². The Bertz CT molecular complexity index is 1640. The standard InChI is InChI=1S/C32H29BN2O4/c1-5-22-23-12-19(3)8-11-27(23)34-30-24(22)15-35-20(4)25-17-39-31(37)32(33,26(25)13-28(30)35)14-29(36)38-16-21-9-6-18(2)7-10-21/h6-13H,4-5,14-17H2,1-3H3/t32-/m1/s1. The van der Waals surface area contributed by atoms with E-state index >= 15 is 0 Å². The zero-order valence-corrected chi connectivity index (χ0v) is 22.5. The molecule has 2 aromatic carbocycles. The van der Waals surface area contributed by atoms with Gasteiger partial charge in [-0.05, 0) is 55.2 Å². The summed E-state index contributed by atoms with van der Waals surface area (Å²) in [6.45, 7) is 11.4. The van der Waals surface area contributed by atoms with Crippen LogP contribution < -0.4 is 0 Å². The molecule has 0 spiro atoms. The van der Waals surface area contributed by atoms with Gasteiger partial charge in [-0.15, -0.1) is 0 Å². The molecule has 0 aliphatic carbocycles. The molecule has 0 amide bonds. The van der Waals surface area contributed by atoms with Crippen molar-refractivity contribution in [3.63, 3.8) is 0 Å². The Hall–Kier alpha value is -4.13. The lowest BCUT2D eigenvalue weighted by Gasteiger charge is -2.40. The summed E-state index contributed by atoms with van der Waals surface area (Å²) in [4.78, 5) is 33.2. The topological polar surface area (TPSA) is 68.7 Å². The molecule has 0 saturated carbocycles. The van der Waals surface area contributed by atoms with Crippen molar-refractivity contribution in [2.75, 3.05) is 6.61 Å². The van der Waals surface area contributed by atoms with Gasteiger partial charge < -0.3 is 14.4 Å². The summed E-state index contributed by atoms with van der Waals surface area (Å²) in [6, 6.07) is 14.0. The van der Waals surface area contributed by atoms with Crippen molar-refractivity contribution in [2.24, 2.45) is 0 Å². The number of aromatic nitrogens is 1. The predicted molar refractivity (Wildman–Crippen MR) is 151 cm³/mol. The molecule has 39 heavy (non-hydrogen) atoms. The van der Waals surface area contributed by atoms with E-state index in [1.807, 2.05) is 43.3 Å². The number of hydrogen-bond acceptors (Lipinski definition) is 6. The summed E-state index contributed by atoms with van der Waals surface area (Å²) in [5, 5.41) is -0.535. The van der Waals surface area contributed by atoms with Gasteiger partial charge in [0.2, 0.25) is 0 Å². The molecule has 3 aliphatic heterocycles. The molecule has 0 unspecified atom stereocenters. The summed E-state index contributed by atoms with van der Waals surface area (Å²) in [6.07, 6.45) is 2.42. The number of fused-ring (bicyclic) bond motifs is 4. The first-order chi connectivity index (χ1) is 18.7. The minimum Gasteiger partial charge on any atom is -0.461 e. The Morgan fingerprint density at radius 1 is 1.18 bits per heavy atom. The number of hydrogen-bond donors (Lipinski definition) is 0. The molecule has 0 bridgehead atoms. The lowest BCUT2D eigenvalue weighted by Crippen LogP contribution is -2.39. The first kappa shape index (κ1) is 25.2. The maximum Gasteiger partial charge on any atom is 0.308 e. The van der Waals surface area contributed by atoms with Crippen LogP contribution in [0.5, 0.6) is 0 Å². The highest BCUT2D eigenvalue weighted by Gasteiger charge is 2.48. The minimum absolute atomic E-state index is 0.0518. The molecule has 0 N–H and O–H groups in total. The molecule has 4 heterocycles. The van der Waals surface area contributed by atoms with Gasteiger partial charge in [-0.2, -0.15) is 0 Å². The number of nitrogens with zero attached hydrogens (tertiary/aromatic N) is 2. The van der Waals surface area contributed by atoms with Crippen molar-refractivity contribution in [3.05, 3.63) is 105 Å². The number of aryl methyl sites for hydroxylation is 3. The molecule has 6 nitrogen and oxygen atoms in total. The van der Waals surface area contributed by atoms with Crippen LogP contribution in [-0.2, 0) is 38.6 Å². The van der Waals surface area contributed by atoms with E-state index in [0.29, 0.717) is 17.8 Å². The molecular formula is C32H29BN2O4. The summed E-state index contributed by atoms with van der Waals surface area (Å²) in [7, 11) is 6.72. The van der Waals surface area contributed by atoms with Crippen molar-refractivity contribution in [2.45, 2.75) is 52.1 Å². The van der Waals surface area contributed by atoms with Crippen molar-refractivity contribution in [1.29, 1.82) is 0 Å². The van der Waals surface area contributed by atoms with Gasteiger partial charge in [0.1, 0.15) is 13.2 Å². The average Bonchev–Trinajstić information content (AvgIpc) is 3.28. The number of carbonyl (C=O) groups is 2. The average molecular weight is 516 g/mol. The predicted octanol–water partition coefficient (Wildman–Crippen LogP) is 5.41. The van der Waals surface area contributed by atoms with Crippen LogP contribution in [0.15, 0.2) is 72.0 Å². The molecule has 0 saturated heterocycles. The second-order valence-electron chi connectivity index (χ2n) is 10.6. The number of allylic oxidation sites excluding steroid dienone is 1. The van der Waals surface area contributed by atoms with E-state index < -0.39 is 17.3 Å². The smallest absolute Gasteiger partial charge is 0.308 e. The molecule has 0 fully saturated rings. The first-order valence-electron chi connectivity index (χ1n) is 13.2. The molecule has 7 heteroatoms. The van der Waals surface area contributed by atoms with Gasteiger partial charge in [-0.1, -0.05) is 55.0 Å². The molecule has 194 valence electrons. The van der Waals surface area contributed by atoms with Crippen LogP contribution in [0.4, 0.5) is 0 Å². The van der Waals surface area contributed by atoms with Crippen molar-refractivity contribution >= 4 is 36.4 Å². The fourth-order valence-corrected chi connectivity index (χ4v) is 5.80. The molecule has 6 rings (SSSR count). The van der Waals surface area contributed by atoms with Gasteiger partial charge in [-0.3, -0.25) is 9.59 Å². The number of rotatable bonds is 5. The molecular weight excluding hydrogens is 487 g/mol. The van der Waals surface area contributed by atoms with Crippen molar-refractivity contribution < 1.29 is 19.1 Å². The van der Waals surface area contributed by atoms with Crippen LogP contribution in [0.2, 0.25) is 5.31 Å². The van der Waals surface area contributed by atoms with E-state index in [2.05, 4.69) is 37.5 Å². The maximum atomic E-state index is 13.1. The van der Waals surface area contributed by atoms with Gasteiger partial charge >= 0.3 is 11.9 Å². The fraction of sp³-hybridized carbons (Fsp3) is 0.281. The van der Waals surface area contributed by atoms with Crippen LogP contribution in [0.3, 0.4) is 0 Å². The number of ether oxygens (including phenoxy) is 2. The fourth-order valence-electron chi connectivity index (χ4n) is 5.80. The Labute approximate surface area is 229 Å². The minimum atomic E-state index is -1.69. The third kappa shape index (κ3) is 4.08. The second kappa shape index (κ2) is 9.26. The van der Waals surface area contributed by atoms with Crippen LogP contribution in [0.25, 0.3) is 16.6 Å². The number of cyclic esters (lactones) is 1. The van der Waals surface area contributed by atoms with Gasteiger partial charge in [0, 0.05) is 22.2 Å². The Morgan fingerprint density at radius 3 is 2.67 bits per heavy atom. The third-order valence-corrected chi connectivity index (χ3v) is 7.98. The summed E-state index contributed by atoms with van der Waals surface area (Å²) in [5.74, 6) is -1.23. The van der Waals surface area contributed by atoms with E-state index in [1.54, 1.807) is 0 Å². The zero-order chi connectivity index (χ0) is 27.5. The lowest BCUT2D eigenvalue weighted by atomic mass is 9.58. The highest BCUT2D eigenvalue weighted by atomic mass is 16.5. The van der Waals surface area contributed by atoms with Gasteiger partial charge in [0.05, 0.1) is 43.0 Å². The highest BCUT2D eigenvalue weighted by Crippen LogP contribution is 2.52. The number of esters is 2. The van der Waals surface area contributed by atoms with E-state index in [-0.39, 0.29) is 19.6 Å². The van der Waals surface area contributed by atoms with E-state index in [4.69, 9.17) is 22.3 Å². The summed E-state index contributed by atoms with van der Waals surface area (Å²) >= 11 is 0. The van der Waals surface area contributed by atoms with Crippen molar-refractivity contribution in [1.82, 2.24) is 9.88 Å². The number of carbonyl (C=O) groups excluding carboxylic acids is 2. The SMILES string of the molecule is [B][C@@]1(CC(=O)OCc2ccc(C)cc2)C(=O)OCC2=C1C=C1c3nc4ccc(C)cc4c(CC)c3CN1C2=C. The van der Waals surface area contributed by atoms with Crippen LogP contribution >= 0.6 is 0 Å². The number of benzene rings is 2. The Morgan fingerprint density at radius 2 is 1.92 bits per heavy atom. The lowest BCUT2D eigenvalue weighted by molar-refractivity contribution is -0.153. The molecule has 3 aliphatic rings. The van der Waals surface area contributed by atoms with Gasteiger partial charge in [0.25, 0.3) is 0 Å². The Balaban J connectivity index is 1.37. The molecule has 1 aromatic heterocycles. The van der Waals surface area contributed by atoms with Gasteiger partial charge in [0.15, 0.2) is 0 Å². The van der Waals surface area contributed by atoms with E-state index in [0.717, 1.165) is 51.0 Å². The highest BCUT2D eigenvalue weighted by molar-refractivity contribution is 6.32. The molecule has 2 radical (unpaired) electrons. The van der Waals surface area contributed by atoms with E-state index in [9.17, 15) is 9.59 Å². The maximum absolute atomic E-state index is 13.1. The molecule has 1 atom stereocenters. The Kier molecular flexibility index (Phi) is 5.98.